The van der Waals surface area contributed by atoms with E-state index in [1.165, 1.54) is 21.4 Å². The van der Waals surface area contributed by atoms with E-state index in [4.69, 9.17) is 16.6 Å². The number of thiophene rings is 1. The minimum Gasteiger partial charge on any atom is -0.353 e. The Balaban J connectivity index is 1.52. The molecule has 0 saturated carbocycles. The zero-order valence-corrected chi connectivity index (χ0v) is 17.0. The number of fused-ring (bicyclic) bond motifs is 1. The molecule has 6 heteroatoms. The van der Waals surface area contributed by atoms with Gasteiger partial charge in [0.2, 0.25) is 0 Å². The molecule has 1 aromatic carbocycles. The first-order valence-electron chi connectivity index (χ1n) is 8.97. The number of hydrogen-bond donors (Lipinski definition) is 0. The van der Waals surface area contributed by atoms with Crippen LogP contribution in [0.3, 0.4) is 0 Å². The normalized spacial score (nSPS) is 15.8. The van der Waals surface area contributed by atoms with Gasteiger partial charge in [0.1, 0.15) is 16.5 Å². The molecule has 1 saturated heterocycles. The molecule has 3 aromatic rings. The molecule has 3 heterocycles. The number of aryl methyl sites for hydroxylation is 3. The van der Waals surface area contributed by atoms with E-state index >= 15 is 0 Å². The maximum atomic E-state index is 6.11. The lowest BCUT2D eigenvalue weighted by Gasteiger charge is -2.35. The Morgan fingerprint density at radius 2 is 1.85 bits per heavy atom. The van der Waals surface area contributed by atoms with Gasteiger partial charge in [0.15, 0.2) is 0 Å². The predicted molar refractivity (Wildman–Crippen MR) is 111 cm³/mol. The lowest BCUT2D eigenvalue weighted by atomic mass is 10.1. The Hall–Kier alpha value is -1.69. The number of benzene rings is 1. The zero-order valence-electron chi connectivity index (χ0n) is 15.4. The maximum Gasteiger partial charge on any atom is 0.141 e. The van der Waals surface area contributed by atoms with E-state index in [1.54, 1.807) is 11.3 Å². The van der Waals surface area contributed by atoms with Crippen molar-refractivity contribution in [3.05, 3.63) is 51.1 Å². The summed E-state index contributed by atoms with van der Waals surface area (Å²) < 4.78 is 0. The molecule has 1 aliphatic heterocycles. The van der Waals surface area contributed by atoms with Crippen LogP contribution in [0.4, 0.5) is 5.82 Å². The number of anilines is 1. The number of nitrogens with zero attached hydrogens (tertiary/aromatic N) is 4. The van der Waals surface area contributed by atoms with E-state index in [1.807, 2.05) is 19.1 Å². The molecular formula is C20H23ClN4S. The van der Waals surface area contributed by atoms with Gasteiger partial charge < -0.3 is 4.90 Å². The summed E-state index contributed by atoms with van der Waals surface area (Å²) in [6, 6.07) is 8.16. The van der Waals surface area contributed by atoms with Crippen molar-refractivity contribution >= 4 is 39.0 Å². The van der Waals surface area contributed by atoms with E-state index in [2.05, 4.69) is 40.8 Å². The van der Waals surface area contributed by atoms with Crippen LogP contribution in [0.1, 0.15) is 21.8 Å². The summed E-state index contributed by atoms with van der Waals surface area (Å²) in [5.41, 5.74) is 2.59. The van der Waals surface area contributed by atoms with Crippen molar-refractivity contribution < 1.29 is 0 Å². The third-order valence-corrected chi connectivity index (χ3v) is 6.42. The van der Waals surface area contributed by atoms with Crippen molar-refractivity contribution in [2.24, 2.45) is 0 Å². The molecule has 0 unspecified atom stereocenters. The van der Waals surface area contributed by atoms with Gasteiger partial charge in [-0.25, -0.2) is 9.97 Å². The summed E-state index contributed by atoms with van der Waals surface area (Å²) in [6.07, 6.45) is 0. The quantitative estimate of drug-likeness (QED) is 0.658. The van der Waals surface area contributed by atoms with Gasteiger partial charge in [0.25, 0.3) is 0 Å². The third-order valence-electron chi connectivity index (χ3n) is 5.09. The first-order valence-corrected chi connectivity index (χ1v) is 10.2. The molecule has 0 bridgehead atoms. The van der Waals surface area contributed by atoms with Crippen LogP contribution in [-0.4, -0.2) is 41.0 Å². The second-order valence-corrected chi connectivity index (χ2v) is 8.59. The molecule has 0 radical (unpaired) electrons. The highest BCUT2D eigenvalue weighted by Gasteiger charge is 2.22. The fourth-order valence-electron chi connectivity index (χ4n) is 3.57. The van der Waals surface area contributed by atoms with Crippen LogP contribution in [0.2, 0.25) is 5.02 Å². The van der Waals surface area contributed by atoms with Crippen LogP contribution in [0.15, 0.2) is 24.3 Å². The second-order valence-electron chi connectivity index (χ2n) is 6.95. The van der Waals surface area contributed by atoms with Crippen molar-refractivity contribution in [1.29, 1.82) is 0 Å². The largest absolute Gasteiger partial charge is 0.353 e. The lowest BCUT2D eigenvalue weighted by Crippen LogP contribution is -2.46. The number of rotatable bonds is 3. The molecule has 136 valence electrons. The van der Waals surface area contributed by atoms with Crippen molar-refractivity contribution in [1.82, 2.24) is 14.9 Å². The number of halogens is 1. The fraction of sp³-hybridized carbons (Fsp3) is 0.400. The molecule has 0 atom stereocenters. The zero-order chi connectivity index (χ0) is 18.3. The number of piperazine rings is 1. The van der Waals surface area contributed by atoms with Crippen LogP contribution in [0.25, 0.3) is 10.2 Å². The fourth-order valence-corrected chi connectivity index (χ4v) is 4.85. The van der Waals surface area contributed by atoms with E-state index in [-0.39, 0.29) is 0 Å². The summed E-state index contributed by atoms with van der Waals surface area (Å²) in [4.78, 5) is 16.8. The van der Waals surface area contributed by atoms with Crippen LogP contribution in [0, 0.1) is 20.8 Å². The van der Waals surface area contributed by atoms with Gasteiger partial charge in [-0.2, -0.15) is 0 Å². The summed E-state index contributed by atoms with van der Waals surface area (Å²) in [5.74, 6) is 1.96. The van der Waals surface area contributed by atoms with Gasteiger partial charge in [0, 0.05) is 42.6 Å². The molecule has 26 heavy (non-hydrogen) atoms. The molecular weight excluding hydrogens is 364 g/mol. The monoisotopic (exact) mass is 386 g/mol. The van der Waals surface area contributed by atoms with Crippen LogP contribution in [0.5, 0.6) is 0 Å². The summed E-state index contributed by atoms with van der Waals surface area (Å²) >= 11 is 7.89. The van der Waals surface area contributed by atoms with E-state index in [9.17, 15) is 0 Å². The Labute approximate surface area is 163 Å². The predicted octanol–water partition coefficient (Wildman–Crippen LogP) is 4.59. The number of aromatic nitrogens is 2. The van der Waals surface area contributed by atoms with Crippen molar-refractivity contribution in [3.8, 4) is 0 Å². The second kappa shape index (κ2) is 7.14. The minimum atomic E-state index is 0.809. The van der Waals surface area contributed by atoms with Gasteiger partial charge in [0.05, 0.1) is 5.39 Å². The first-order chi connectivity index (χ1) is 12.5. The van der Waals surface area contributed by atoms with Crippen LogP contribution >= 0.6 is 22.9 Å². The van der Waals surface area contributed by atoms with Crippen molar-refractivity contribution in [3.63, 3.8) is 0 Å². The summed E-state index contributed by atoms with van der Waals surface area (Å²) in [5, 5.41) is 2.05. The Morgan fingerprint density at radius 1 is 1.08 bits per heavy atom. The lowest BCUT2D eigenvalue weighted by molar-refractivity contribution is 0.249. The highest BCUT2D eigenvalue weighted by atomic mass is 35.5. The molecule has 4 nitrogen and oxygen atoms in total. The van der Waals surface area contributed by atoms with Gasteiger partial charge in [-0.05, 0) is 44.0 Å². The standard InChI is InChI=1S/C20H23ClN4S/c1-13-14(2)26-20-18(13)19(22-15(3)23-20)25-9-7-24(8-10-25)12-16-5-4-6-17(21)11-16/h4-6,11H,7-10,12H2,1-3H3. The molecule has 0 aliphatic carbocycles. The third kappa shape index (κ3) is 3.43. The van der Waals surface area contributed by atoms with Crippen LogP contribution < -0.4 is 4.90 Å². The van der Waals surface area contributed by atoms with Gasteiger partial charge in [-0.3, -0.25) is 4.90 Å². The van der Waals surface area contributed by atoms with Crippen LogP contribution in [-0.2, 0) is 6.54 Å². The SMILES string of the molecule is Cc1nc(N2CCN(Cc3cccc(Cl)c3)CC2)c2c(C)c(C)sc2n1. The van der Waals surface area contributed by atoms with E-state index < -0.39 is 0 Å². The molecule has 0 N–H and O–H groups in total. The topological polar surface area (TPSA) is 32.3 Å². The molecule has 0 spiro atoms. The van der Waals surface area contributed by atoms with Crippen molar-refractivity contribution in [2.75, 3.05) is 31.1 Å². The summed E-state index contributed by atoms with van der Waals surface area (Å²) in [7, 11) is 0. The van der Waals surface area contributed by atoms with E-state index in [0.717, 1.165) is 54.2 Å². The first kappa shape index (κ1) is 17.7. The average molecular weight is 387 g/mol. The van der Waals surface area contributed by atoms with E-state index in [0.29, 0.717) is 0 Å². The van der Waals surface area contributed by atoms with Crippen molar-refractivity contribution in [2.45, 2.75) is 27.3 Å². The van der Waals surface area contributed by atoms with Gasteiger partial charge in [-0.15, -0.1) is 11.3 Å². The Kier molecular flexibility index (Phi) is 4.86. The highest BCUT2D eigenvalue weighted by Crippen LogP contribution is 2.35. The Bertz CT molecular complexity index is 944. The molecule has 2 aromatic heterocycles. The average Bonchev–Trinajstić information content (AvgIpc) is 2.89. The molecule has 1 aliphatic rings. The highest BCUT2D eigenvalue weighted by molar-refractivity contribution is 7.18. The Morgan fingerprint density at radius 3 is 2.58 bits per heavy atom. The molecule has 0 amide bonds. The molecule has 4 rings (SSSR count). The van der Waals surface area contributed by atoms with Gasteiger partial charge in [-0.1, -0.05) is 23.7 Å². The maximum absolute atomic E-state index is 6.11. The number of hydrogen-bond acceptors (Lipinski definition) is 5. The smallest absolute Gasteiger partial charge is 0.141 e. The summed E-state index contributed by atoms with van der Waals surface area (Å²) in [6.45, 7) is 11.3. The van der Waals surface area contributed by atoms with Gasteiger partial charge >= 0.3 is 0 Å². The minimum absolute atomic E-state index is 0.809. The molecule has 1 fully saturated rings.